The third kappa shape index (κ3) is 3.16. The second kappa shape index (κ2) is 6.39. The molecule has 0 bridgehead atoms. The standard InChI is InChI=1S/C20H21F2N5O/c21-20(22)8-17(19-25-24-12-26(19)10-13-5-6-13)27(11-20)18(28)7-14-9-23-16-4-2-1-3-15(14)16/h1-4,9,12-13,17,23H,5-8,10-11H2/t17-/m0/s1. The van der Waals surface area contributed by atoms with Gasteiger partial charge in [-0.05, 0) is 30.4 Å². The summed E-state index contributed by atoms with van der Waals surface area (Å²) >= 11 is 0. The lowest BCUT2D eigenvalue weighted by atomic mass is 10.1. The van der Waals surface area contributed by atoms with Crippen LogP contribution in [0.15, 0.2) is 36.8 Å². The third-order valence-electron chi connectivity index (χ3n) is 5.70. The van der Waals surface area contributed by atoms with Crippen LogP contribution < -0.4 is 0 Å². The number of hydrogen-bond donors (Lipinski definition) is 1. The van der Waals surface area contributed by atoms with Crippen LogP contribution in [0.25, 0.3) is 10.9 Å². The maximum Gasteiger partial charge on any atom is 0.267 e. The average molecular weight is 385 g/mol. The van der Waals surface area contributed by atoms with Crippen LogP contribution in [0.3, 0.4) is 0 Å². The Bertz CT molecular complexity index is 1020. The van der Waals surface area contributed by atoms with E-state index in [4.69, 9.17) is 0 Å². The largest absolute Gasteiger partial charge is 0.361 e. The van der Waals surface area contributed by atoms with E-state index >= 15 is 0 Å². The van der Waals surface area contributed by atoms with Crippen molar-refractivity contribution in [3.8, 4) is 0 Å². The molecule has 1 amide bonds. The van der Waals surface area contributed by atoms with Gasteiger partial charge < -0.3 is 14.5 Å². The van der Waals surface area contributed by atoms with Gasteiger partial charge in [0.25, 0.3) is 5.92 Å². The molecule has 2 aliphatic rings. The first-order chi connectivity index (χ1) is 13.5. The van der Waals surface area contributed by atoms with E-state index in [2.05, 4.69) is 15.2 Å². The molecule has 146 valence electrons. The number of rotatable bonds is 5. The molecule has 1 saturated heterocycles. The van der Waals surface area contributed by atoms with E-state index in [1.54, 1.807) is 12.5 Å². The molecule has 0 unspecified atom stereocenters. The Labute approximate surface area is 160 Å². The van der Waals surface area contributed by atoms with Crippen LogP contribution in [0.4, 0.5) is 8.78 Å². The minimum absolute atomic E-state index is 0.0767. The number of fused-ring (bicyclic) bond motifs is 1. The van der Waals surface area contributed by atoms with E-state index < -0.39 is 24.9 Å². The molecule has 0 spiro atoms. The monoisotopic (exact) mass is 385 g/mol. The van der Waals surface area contributed by atoms with Crippen molar-refractivity contribution in [2.75, 3.05) is 6.54 Å². The quantitative estimate of drug-likeness (QED) is 0.733. The number of benzene rings is 1. The number of para-hydroxylation sites is 1. The molecule has 8 heteroatoms. The van der Waals surface area contributed by atoms with Crippen LogP contribution in [0.1, 0.15) is 36.7 Å². The number of carbonyl (C=O) groups is 1. The molecule has 28 heavy (non-hydrogen) atoms. The van der Waals surface area contributed by atoms with Crippen molar-refractivity contribution in [2.24, 2.45) is 5.92 Å². The Morgan fingerprint density at radius 1 is 1.29 bits per heavy atom. The third-order valence-corrected chi connectivity index (χ3v) is 5.70. The van der Waals surface area contributed by atoms with E-state index in [-0.39, 0.29) is 12.3 Å². The van der Waals surface area contributed by atoms with Crippen molar-refractivity contribution in [1.29, 1.82) is 0 Å². The zero-order chi connectivity index (χ0) is 19.3. The summed E-state index contributed by atoms with van der Waals surface area (Å²) in [6.45, 7) is 0.157. The van der Waals surface area contributed by atoms with Gasteiger partial charge in [0.05, 0.1) is 19.0 Å². The van der Waals surface area contributed by atoms with Gasteiger partial charge >= 0.3 is 0 Å². The van der Waals surface area contributed by atoms with Crippen molar-refractivity contribution in [3.05, 3.63) is 48.2 Å². The lowest BCUT2D eigenvalue weighted by Gasteiger charge is -2.23. The molecule has 1 aromatic carbocycles. The highest BCUT2D eigenvalue weighted by molar-refractivity contribution is 5.89. The van der Waals surface area contributed by atoms with Gasteiger partial charge in [0.1, 0.15) is 6.33 Å². The highest BCUT2D eigenvalue weighted by Crippen LogP contribution is 2.41. The number of likely N-dealkylation sites (tertiary alicyclic amines) is 1. The molecule has 2 aromatic heterocycles. The summed E-state index contributed by atoms with van der Waals surface area (Å²) in [6, 6.07) is 6.92. The molecular formula is C20H21F2N5O. The van der Waals surface area contributed by atoms with Crippen molar-refractivity contribution >= 4 is 16.8 Å². The van der Waals surface area contributed by atoms with Crippen LogP contribution in [-0.2, 0) is 17.8 Å². The predicted octanol–water partition coefficient (Wildman–Crippen LogP) is 3.32. The van der Waals surface area contributed by atoms with Gasteiger partial charge in [-0.3, -0.25) is 4.79 Å². The second-order valence-corrected chi connectivity index (χ2v) is 7.92. The summed E-state index contributed by atoms with van der Waals surface area (Å²) in [4.78, 5) is 17.4. The summed E-state index contributed by atoms with van der Waals surface area (Å²) in [5.74, 6) is -2.20. The number of nitrogens with one attached hydrogen (secondary N) is 1. The first-order valence-electron chi connectivity index (χ1n) is 9.60. The van der Waals surface area contributed by atoms with Gasteiger partial charge in [0.15, 0.2) is 5.82 Å². The summed E-state index contributed by atoms with van der Waals surface area (Å²) in [5, 5.41) is 8.97. The molecule has 2 fully saturated rings. The van der Waals surface area contributed by atoms with Crippen molar-refractivity contribution in [1.82, 2.24) is 24.6 Å². The maximum absolute atomic E-state index is 14.3. The van der Waals surface area contributed by atoms with Crippen LogP contribution in [0.5, 0.6) is 0 Å². The number of amides is 1. The molecule has 6 nitrogen and oxygen atoms in total. The lowest BCUT2D eigenvalue weighted by molar-refractivity contribution is -0.132. The number of alkyl halides is 2. The van der Waals surface area contributed by atoms with Crippen LogP contribution in [0.2, 0.25) is 0 Å². The summed E-state index contributed by atoms with van der Waals surface area (Å²) in [7, 11) is 0. The minimum atomic E-state index is -2.92. The molecular weight excluding hydrogens is 364 g/mol. The van der Waals surface area contributed by atoms with Crippen LogP contribution in [0, 0.1) is 5.92 Å². The molecule has 0 radical (unpaired) electrons. The van der Waals surface area contributed by atoms with E-state index in [0.29, 0.717) is 11.7 Å². The number of halogens is 2. The first kappa shape index (κ1) is 17.3. The van der Waals surface area contributed by atoms with Crippen molar-refractivity contribution in [3.63, 3.8) is 0 Å². The molecule has 3 heterocycles. The average Bonchev–Trinajstić information content (AvgIpc) is 3.07. The van der Waals surface area contributed by atoms with Crippen LogP contribution in [-0.4, -0.2) is 43.0 Å². The molecule has 3 aromatic rings. The van der Waals surface area contributed by atoms with Crippen LogP contribution >= 0.6 is 0 Å². The SMILES string of the molecule is O=C(Cc1c[nH]c2ccccc12)N1CC(F)(F)C[C@H]1c1nncn1CC1CC1. The van der Waals surface area contributed by atoms with Gasteiger partial charge in [0.2, 0.25) is 5.91 Å². The predicted molar refractivity (Wildman–Crippen MR) is 98.8 cm³/mol. The van der Waals surface area contributed by atoms with E-state index in [1.807, 2.05) is 28.8 Å². The van der Waals surface area contributed by atoms with Gasteiger partial charge in [-0.15, -0.1) is 10.2 Å². The number of aromatic nitrogens is 4. The molecule has 1 aliphatic heterocycles. The Kier molecular flexibility index (Phi) is 3.96. The minimum Gasteiger partial charge on any atom is -0.361 e. The van der Waals surface area contributed by atoms with Gasteiger partial charge in [-0.1, -0.05) is 18.2 Å². The second-order valence-electron chi connectivity index (χ2n) is 7.92. The summed E-state index contributed by atoms with van der Waals surface area (Å²) in [6.07, 6.45) is 5.32. The van der Waals surface area contributed by atoms with Gasteiger partial charge in [-0.25, -0.2) is 8.78 Å². The highest BCUT2D eigenvalue weighted by atomic mass is 19.3. The maximum atomic E-state index is 14.3. The number of H-pyrrole nitrogens is 1. The van der Waals surface area contributed by atoms with E-state index in [0.717, 1.165) is 35.9 Å². The number of nitrogens with zero attached hydrogens (tertiary/aromatic N) is 4. The first-order valence-corrected chi connectivity index (χ1v) is 9.60. The van der Waals surface area contributed by atoms with E-state index in [1.165, 1.54) is 4.90 Å². The molecule has 1 atom stereocenters. The highest BCUT2D eigenvalue weighted by Gasteiger charge is 2.49. The fraction of sp³-hybridized carbons (Fsp3) is 0.450. The number of aromatic amines is 1. The Hall–Kier alpha value is -2.77. The lowest BCUT2D eigenvalue weighted by Crippen LogP contribution is -2.35. The van der Waals surface area contributed by atoms with Gasteiger partial charge in [0, 0.05) is 30.1 Å². The normalized spacial score (nSPS) is 21.5. The van der Waals surface area contributed by atoms with E-state index in [9.17, 15) is 13.6 Å². The smallest absolute Gasteiger partial charge is 0.267 e. The van der Waals surface area contributed by atoms with Crippen molar-refractivity contribution < 1.29 is 13.6 Å². The molecule has 1 aliphatic carbocycles. The topological polar surface area (TPSA) is 66.8 Å². The molecule has 1 N–H and O–H groups in total. The fourth-order valence-electron chi connectivity index (χ4n) is 4.09. The Morgan fingerprint density at radius 2 is 2.11 bits per heavy atom. The summed E-state index contributed by atoms with van der Waals surface area (Å²) in [5.41, 5.74) is 1.74. The van der Waals surface area contributed by atoms with Crippen molar-refractivity contribution in [2.45, 2.75) is 44.2 Å². The van der Waals surface area contributed by atoms with Gasteiger partial charge in [-0.2, -0.15) is 0 Å². The Morgan fingerprint density at radius 3 is 2.93 bits per heavy atom. The molecule has 1 saturated carbocycles. The zero-order valence-electron chi connectivity index (χ0n) is 15.3. The summed E-state index contributed by atoms with van der Waals surface area (Å²) < 4.78 is 30.4. The fourth-order valence-corrected chi connectivity index (χ4v) is 4.09. The number of carbonyl (C=O) groups excluding carboxylic acids is 1. The zero-order valence-corrected chi connectivity index (χ0v) is 15.3. The molecule has 5 rings (SSSR count). The Balaban J connectivity index is 1.41. The number of hydrogen-bond acceptors (Lipinski definition) is 3.